The topological polar surface area (TPSA) is 47.6 Å². The van der Waals surface area contributed by atoms with Crippen molar-refractivity contribution in [3.8, 4) is 5.75 Å². The minimum Gasteiger partial charge on any atom is -0.494 e. The first kappa shape index (κ1) is 19.0. The molecule has 0 saturated carbocycles. The molecule has 134 valence electrons. The van der Waals surface area contributed by atoms with E-state index in [-0.39, 0.29) is 12.4 Å². The molecule has 4 heteroatoms. The molecule has 25 heavy (non-hydrogen) atoms. The maximum atomic E-state index is 11.3. The highest BCUT2D eigenvalue weighted by Gasteiger charge is 2.05. The molecule has 1 N–H and O–H groups in total. The van der Waals surface area contributed by atoms with Gasteiger partial charge in [0, 0.05) is 6.54 Å². The Kier molecular flexibility index (Phi) is 7.99. The lowest BCUT2D eigenvalue weighted by Crippen LogP contribution is -2.22. The highest BCUT2D eigenvalue weighted by atomic mass is 16.5. The summed E-state index contributed by atoms with van der Waals surface area (Å²) in [6.45, 7) is 4.75. The van der Waals surface area contributed by atoms with Crippen LogP contribution in [-0.2, 0) is 16.0 Å². The van der Waals surface area contributed by atoms with Crippen molar-refractivity contribution in [2.24, 2.45) is 0 Å². The molecule has 0 bridgehead atoms. The molecule has 2 aromatic carbocycles. The van der Waals surface area contributed by atoms with Gasteiger partial charge in [0.05, 0.1) is 20.1 Å². The van der Waals surface area contributed by atoms with Gasteiger partial charge < -0.3 is 14.8 Å². The van der Waals surface area contributed by atoms with Crippen LogP contribution in [0.4, 0.5) is 0 Å². The first-order valence-electron chi connectivity index (χ1n) is 8.73. The quantitative estimate of drug-likeness (QED) is 0.530. The molecule has 4 nitrogen and oxygen atoms in total. The van der Waals surface area contributed by atoms with E-state index in [2.05, 4.69) is 41.2 Å². The molecule has 0 aliphatic carbocycles. The molecule has 0 unspecified atom stereocenters. The number of rotatable bonds is 10. The van der Waals surface area contributed by atoms with Crippen LogP contribution in [0.2, 0.25) is 0 Å². The number of nitrogens with one attached hydrogen (secondary N) is 1. The fourth-order valence-corrected chi connectivity index (χ4v) is 2.59. The summed E-state index contributed by atoms with van der Waals surface area (Å²) in [5, 5.41) is 3.47. The Morgan fingerprint density at radius 2 is 1.92 bits per heavy atom. The minimum atomic E-state index is -0.242. The van der Waals surface area contributed by atoms with Gasteiger partial charge in [0.2, 0.25) is 0 Å². The Balaban J connectivity index is 1.63. The molecule has 0 fully saturated rings. The third-order valence-corrected chi connectivity index (χ3v) is 4.06. The van der Waals surface area contributed by atoms with Crippen LogP contribution >= 0.6 is 0 Å². The molecule has 0 aromatic heterocycles. The lowest BCUT2D eigenvalue weighted by Gasteiger charge is -2.13. The maximum Gasteiger partial charge on any atom is 0.309 e. The van der Waals surface area contributed by atoms with Gasteiger partial charge in [0.1, 0.15) is 5.75 Å². The second-order valence-corrected chi connectivity index (χ2v) is 6.12. The maximum absolute atomic E-state index is 11.3. The lowest BCUT2D eigenvalue weighted by atomic mass is 10.0. The van der Waals surface area contributed by atoms with Crippen molar-refractivity contribution in [2.75, 3.05) is 26.8 Å². The second kappa shape index (κ2) is 10.5. The van der Waals surface area contributed by atoms with Gasteiger partial charge in [0.25, 0.3) is 0 Å². The highest BCUT2D eigenvalue weighted by molar-refractivity contribution is 5.72. The first-order chi connectivity index (χ1) is 12.2. The zero-order valence-corrected chi connectivity index (χ0v) is 15.0. The zero-order chi connectivity index (χ0) is 17.9. The number of benzene rings is 2. The number of methoxy groups -OCH3 is 1. The van der Waals surface area contributed by atoms with Crippen molar-refractivity contribution < 1.29 is 14.3 Å². The van der Waals surface area contributed by atoms with Gasteiger partial charge in [-0.25, -0.2) is 0 Å². The van der Waals surface area contributed by atoms with E-state index in [0.29, 0.717) is 12.5 Å². The van der Waals surface area contributed by atoms with Gasteiger partial charge in [-0.2, -0.15) is 0 Å². The van der Waals surface area contributed by atoms with Crippen LogP contribution in [0.5, 0.6) is 5.75 Å². The van der Waals surface area contributed by atoms with Crippen LogP contribution in [0.15, 0.2) is 54.6 Å². The molecule has 0 aliphatic rings. The average molecular weight is 341 g/mol. The van der Waals surface area contributed by atoms with E-state index >= 15 is 0 Å². The summed E-state index contributed by atoms with van der Waals surface area (Å²) in [5.41, 5.74) is 2.26. The summed E-state index contributed by atoms with van der Waals surface area (Å²) in [6.07, 6.45) is 1.20. The molecule has 0 amide bonds. The number of hydrogen-bond donors (Lipinski definition) is 1. The standard InChI is InChI=1S/C21H27NO3/c1-17(19-9-4-3-5-10-19)16-22-12-7-13-25-20-11-6-8-18(14-20)15-21(23)24-2/h3-6,8-11,14,17,22H,7,12-13,15-16H2,1-2H3/t17-/m0/s1. The largest absolute Gasteiger partial charge is 0.494 e. The van der Waals surface area contributed by atoms with Crippen LogP contribution in [-0.4, -0.2) is 32.8 Å². The van der Waals surface area contributed by atoms with E-state index < -0.39 is 0 Å². The van der Waals surface area contributed by atoms with Gasteiger partial charge in [-0.1, -0.05) is 49.4 Å². The number of carbonyl (C=O) groups is 1. The van der Waals surface area contributed by atoms with Crippen molar-refractivity contribution in [1.82, 2.24) is 5.32 Å². The summed E-state index contributed by atoms with van der Waals surface area (Å²) in [6, 6.07) is 18.1. The summed E-state index contributed by atoms with van der Waals surface area (Å²) < 4.78 is 10.4. The van der Waals surface area contributed by atoms with E-state index in [1.165, 1.54) is 12.7 Å². The van der Waals surface area contributed by atoms with Crippen LogP contribution in [0.1, 0.15) is 30.4 Å². The van der Waals surface area contributed by atoms with Crippen LogP contribution in [0.3, 0.4) is 0 Å². The van der Waals surface area contributed by atoms with Crippen LogP contribution < -0.4 is 10.1 Å². The van der Waals surface area contributed by atoms with E-state index in [1.807, 2.05) is 30.3 Å². The van der Waals surface area contributed by atoms with Gasteiger partial charge in [-0.3, -0.25) is 4.79 Å². The molecule has 0 aliphatic heterocycles. The Morgan fingerprint density at radius 1 is 1.12 bits per heavy atom. The van der Waals surface area contributed by atoms with Crippen molar-refractivity contribution in [1.29, 1.82) is 0 Å². The zero-order valence-electron chi connectivity index (χ0n) is 15.0. The van der Waals surface area contributed by atoms with Crippen molar-refractivity contribution in [2.45, 2.75) is 25.7 Å². The van der Waals surface area contributed by atoms with E-state index in [9.17, 15) is 4.79 Å². The summed E-state index contributed by atoms with van der Waals surface area (Å²) >= 11 is 0. The molecule has 0 saturated heterocycles. The molecular formula is C21H27NO3. The summed E-state index contributed by atoms with van der Waals surface area (Å²) in [7, 11) is 1.40. The van der Waals surface area contributed by atoms with Crippen molar-refractivity contribution in [3.05, 3.63) is 65.7 Å². The minimum absolute atomic E-state index is 0.242. The van der Waals surface area contributed by atoms with E-state index in [4.69, 9.17) is 4.74 Å². The molecule has 2 aromatic rings. The second-order valence-electron chi connectivity index (χ2n) is 6.12. The predicted molar refractivity (Wildman–Crippen MR) is 100 cm³/mol. The summed E-state index contributed by atoms with van der Waals surface area (Å²) in [5.74, 6) is 1.05. The highest BCUT2D eigenvalue weighted by Crippen LogP contribution is 2.15. The Morgan fingerprint density at radius 3 is 2.68 bits per heavy atom. The van der Waals surface area contributed by atoms with Gasteiger partial charge in [-0.15, -0.1) is 0 Å². The fraction of sp³-hybridized carbons (Fsp3) is 0.381. The molecule has 0 spiro atoms. The van der Waals surface area contributed by atoms with Crippen molar-refractivity contribution >= 4 is 5.97 Å². The Hall–Kier alpha value is -2.33. The number of esters is 1. The molecule has 2 rings (SSSR count). The number of ether oxygens (including phenoxy) is 2. The molecule has 0 heterocycles. The van der Waals surface area contributed by atoms with E-state index in [1.54, 1.807) is 0 Å². The first-order valence-corrected chi connectivity index (χ1v) is 8.73. The molecule has 0 radical (unpaired) electrons. The molecule has 1 atom stereocenters. The SMILES string of the molecule is COC(=O)Cc1cccc(OCCCNC[C@H](C)c2ccccc2)c1. The molecular weight excluding hydrogens is 314 g/mol. The smallest absolute Gasteiger partial charge is 0.309 e. The van der Waals surface area contributed by atoms with Crippen LogP contribution in [0, 0.1) is 0 Å². The van der Waals surface area contributed by atoms with E-state index in [0.717, 1.165) is 30.8 Å². The third-order valence-electron chi connectivity index (χ3n) is 4.06. The van der Waals surface area contributed by atoms with Gasteiger partial charge in [0.15, 0.2) is 0 Å². The Bertz CT molecular complexity index is 643. The fourth-order valence-electron chi connectivity index (χ4n) is 2.59. The lowest BCUT2D eigenvalue weighted by molar-refractivity contribution is -0.139. The van der Waals surface area contributed by atoms with Crippen molar-refractivity contribution in [3.63, 3.8) is 0 Å². The predicted octanol–water partition coefficient (Wildman–Crippen LogP) is 3.56. The van der Waals surface area contributed by atoms with Gasteiger partial charge >= 0.3 is 5.97 Å². The normalized spacial score (nSPS) is 11.8. The monoisotopic (exact) mass is 341 g/mol. The number of carbonyl (C=O) groups excluding carboxylic acids is 1. The van der Waals surface area contributed by atoms with Crippen LogP contribution in [0.25, 0.3) is 0 Å². The third kappa shape index (κ3) is 6.98. The Labute approximate surface area is 150 Å². The van der Waals surface area contributed by atoms with Gasteiger partial charge in [-0.05, 0) is 42.1 Å². The number of hydrogen-bond acceptors (Lipinski definition) is 4. The summed E-state index contributed by atoms with van der Waals surface area (Å²) in [4.78, 5) is 11.3. The average Bonchev–Trinajstić information content (AvgIpc) is 2.65.